The molecule has 0 spiro atoms. The highest BCUT2D eigenvalue weighted by Crippen LogP contribution is 2.29. The van der Waals surface area contributed by atoms with Crippen molar-refractivity contribution in [3.63, 3.8) is 0 Å². The van der Waals surface area contributed by atoms with Crippen molar-refractivity contribution in [2.45, 2.75) is 6.92 Å². The van der Waals surface area contributed by atoms with Crippen LogP contribution in [0.4, 0.5) is 10.3 Å². The molecule has 0 bridgehead atoms. The van der Waals surface area contributed by atoms with Crippen LogP contribution in [-0.2, 0) is 0 Å². The van der Waals surface area contributed by atoms with E-state index in [9.17, 15) is 9.18 Å². The molecule has 3 heterocycles. The molecular weight excluding hydrogens is 445 g/mol. The van der Waals surface area contributed by atoms with Crippen molar-refractivity contribution in [1.29, 1.82) is 0 Å². The van der Waals surface area contributed by atoms with Gasteiger partial charge < -0.3 is 9.80 Å². The third kappa shape index (κ3) is 3.90. The van der Waals surface area contributed by atoms with Gasteiger partial charge in [-0.25, -0.2) is 19.3 Å². The number of carbonyl (C=O) groups excluding carboxylic acids is 1. The van der Waals surface area contributed by atoms with Crippen molar-refractivity contribution >= 4 is 39.1 Å². The summed E-state index contributed by atoms with van der Waals surface area (Å²) in [5.74, 6) is 0.364. The third-order valence-electron chi connectivity index (χ3n) is 4.54. The number of carbonyl (C=O) groups is 1. The molecule has 0 unspecified atom stereocenters. The van der Waals surface area contributed by atoms with Crippen molar-refractivity contribution < 1.29 is 9.18 Å². The summed E-state index contributed by atoms with van der Waals surface area (Å²) in [5.41, 5.74) is 1.51. The van der Waals surface area contributed by atoms with Gasteiger partial charge in [0.05, 0.1) is 10.2 Å². The van der Waals surface area contributed by atoms with E-state index in [2.05, 4.69) is 35.8 Å². The number of benzene rings is 1. The number of amides is 1. The van der Waals surface area contributed by atoms with Crippen LogP contribution >= 0.6 is 27.3 Å². The van der Waals surface area contributed by atoms with Crippen molar-refractivity contribution in [2.75, 3.05) is 31.1 Å². The van der Waals surface area contributed by atoms with Crippen LogP contribution in [0.25, 0.3) is 10.6 Å². The van der Waals surface area contributed by atoms with E-state index in [1.165, 1.54) is 23.5 Å². The number of hydrogen-bond acceptors (Lipinski definition) is 6. The molecule has 1 aromatic carbocycles. The molecule has 144 valence electrons. The lowest BCUT2D eigenvalue weighted by atomic mass is 10.2. The lowest BCUT2D eigenvalue weighted by Gasteiger charge is -2.34. The first-order valence-electron chi connectivity index (χ1n) is 8.76. The highest BCUT2D eigenvalue weighted by atomic mass is 79.9. The Morgan fingerprint density at radius 2 is 1.75 bits per heavy atom. The van der Waals surface area contributed by atoms with E-state index in [1.54, 1.807) is 24.5 Å². The zero-order valence-corrected chi connectivity index (χ0v) is 17.5. The maximum absolute atomic E-state index is 13.1. The Hall–Kier alpha value is -2.39. The number of aryl methyl sites for hydroxylation is 1. The Balaban J connectivity index is 1.45. The number of hydrogen-bond donors (Lipinski definition) is 0. The largest absolute Gasteiger partial charge is 0.337 e. The van der Waals surface area contributed by atoms with Gasteiger partial charge in [-0.1, -0.05) is 0 Å². The summed E-state index contributed by atoms with van der Waals surface area (Å²) in [4.78, 5) is 30.7. The van der Waals surface area contributed by atoms with E-state index >= 15 is 0 Å². The number of halogens is 2. The highest BCUT2D eigenvalue weighted by molar-refractivity contribution is 9.10. The summed E-state index contributed by atoms with van der Waals surface area (Å²) in [6.07, 6.45) is 3.44. The van der Waals surface area contributed by atoms with E-state index < -0.39 is 0 Å². The fourth-order valence-electron chi connectivity index (χ4n) is 3.03. The average Bonchev–Trinajstić information content (AvgIpc) is 3.10. The molecule has 1 amide bonds. The number of nitrogens with zero attached hydrogens (tertiary/aromatic N) is 5. The smallest absolute Gasteiger partial charge is 0.265 e. The van der Waals surface area contributed by atoms with Crippen LogP contribution in [0.15, 0.2) is 41.1 Å². The van der Waals surface area contributed by atoms with Gasteiger partial charge in [0.25, 0.3) is 5.91 Å². The summed E-state index contributed by atoms with van der Waals surface area (Å²) in [5, 5.41) is 0.725. The maximum Gasteiger partial charge on any atom is 0.265 e. The van der Waals surface area contributed by atoms with Crippen LogP contribution in [0.3, 0.4) is 0 Å². The maximum atomic E-state index is 13.1. The van der Waals surface area contributed by atoms with Crippen LogP contribution in [0.5, 0.6) is 0 Å². The van der Waals surface area contributed by atoms with Gasteiger partial charge in [-0.3, -0.25) is 4.79 Å². The molecule has 1 aliphatic rings. The predicted molar refractivity (Wildman–Crippen MR) is 110 cm³/mol. The number of anilines is 1. The highest BCUT2D eigenvalue weighted by Gasteiger charge is 2.26. The Kier molecular flexibility index (Phi) is 5.36. The van der Waals surface area contributed by atoms with Crippen LogP contribution in [0.2, 0.25) is 0 Å². The first kappa shape index (κ1) is 18.9. The average molecular weight is 462 g/mol. The van der Waals surface area contributed by atoms with Crippen LogP contribution in [0, 0.1) is 12.7 Å². The summed E-state index contributed by atoms with van der Waals surface area (Å²) < 4.78 is 14.0. The van der Waals surface area contributed by atoms with E-state index in [0.29, 0.717) is 42.7 Å². The minimum absolute atomic E-state index is 0.0141. The molecule has 1 saturated heterocycles. The molecule has 4 rings (SSSR count). The normalized spacial score (nSPS) is 14.4. The second kappa shape index (κ2) is 7.92. The monoisotopic (exact) mass is 461 g/mol. The first-order valence-corrected chi connectivity index (χ1v) is 10.4. The van der Waals surface area contributed by atoms with Crippen molar-refractivity contribution in [1.82, 2.24) is 19.9 Å². The van der Waals surface area contributed by atoms with Gasteiger partial charge in [-0.2, -0.15) is 0 Å². The van der Waals surface area contributed by atoms with E-state index in [0.717, 1.165) is 15.0 Å². The first-order chi connectivity index (χ1) is 13.5. The number of aromatic nitrogens is 3. The Bertz CT molecular complexity index is 985. The molecule has 0 saturated carbocycles. The topological polar surface area (TPSA) is 62.2 Å². The van der Waals surface area contributed by atoms with Crippen molar-refractivity contribution in [2.24, 2.45) is 0 Å². The summed E-state index contributed by atoms with van der Waals surface area (Å²) in [6.45, 7) is 4.39. The number of rotatable bonds is 3. The van der Waals surface area contributed by atoms with Gasteiger partial charge >= 0.3 is 0 Å². The molecule has 1 aliphatic heterocycles. The number of thiazole rings is 1. The molecule has 1 fully saturated rings. The number of piperazine rings is 1. The standard InChI is InChI=1S/C19H17BrFN5OS/c1-12-16(28-17(24-12)13-2-4-15(21)5-3-13)18(27)25-6-8-26(9-7-25)19-22-10-14(20)11-23-19/h2-5,10-11H,6-9H2,1H3. The van der Waals surface area contributed by atoms with Gasteiger partial charge in [-0.15, -0.1) is 11.3 Å². The van der Waals surface area contributed by atoms with Crippen molar-refractivity contribution in [3.8, 4) is 10.6 Å². The van der Waals surface area contributed by atoms with Gasteiger partial charge in [-0.05, 0) is 47.1 Å². The molecule has 9 heteroatoms. The Labute approximate surface area is 174 Å². The molecule has 0 N–H and O–H groups in total. The Morgan fingerprint density at radius 1 is 1.11 bits per heavy atom. The van der Waals surface area contributed by atoms with Gasteiger partial charge in [0.2, 0.25) is 5.95 Å². The lowest BCUT2D eigenvalue weighted by molar-refractivity contribution is 0.0750. The predicted octanol–water partition coefficient (Wildman–Crippen LogP) is 3.77. The zero-order chi connectivity index (χ0) is 19.7. The molecule has 2 aromatic heterocycles. The van der Waals surface area contributed by atoms with Crippen LogP contribution in [-0.4, -0.2) is 51.9 Å². The second-order valence-electron chi connectivity index (χ2n) is 6.42. The van der Waals surface area contributed by atoms with Gasteiger partial charge in [0.15, 0.2) is 0 Å². The minimum Gasteiger partial charge on any atom is -0.337 e. The quantitative estimate of drug-likeness (QED) is 0.593. The summed E-state index contributed by atoms with van der Waals surface area (Å²) in [7, 11) is 0. The molecule has 0 aliphatic carbocycles. The lowest BCUT2D eigenvalue weighted by Crippen LogP contribution is -2.49. The SMILES string of the molecule is Cc1nc(-c2ccc(F)cc2)sc1C(=O)N1CCN(c2ncc(Br)cn2)CC1. The minimum atomic E-state index is -0.291. The van der Waals surface area contributed by atoms with E-state index in [-0.39, 0.29) is 11.7 Å². The fourth-order valence-corrected chi connectivity index (χ4v) is 4.28. The summed E-state index contributed by atoms with van der Waals surface area (Å²) in [6, 6.07) is 6.16. The van der Waals surface area contributed by atoms with Crippen molar-refractivity contribution in [3.05, 3.63) is 57.5 Å². The van der Waals surface area contributed by atoms with E-state index in [1.807, 2.05) is 11.8 Å². The second-order valence-corrected chi connectivity index (χ2v) is 8.34. The molecule has 28 heavy (non-hydrogen) atoms. The Morgan fingerprint density at radius 3 is 2.39 bits per heavy atom. The zero-order valence-electron chi connectivity index (χ0n) is 15.1. The molecule has 3 aromatic rings. The molecular formula is C19H17BrFN5OS. The molecule has 6 nitrogen and oxygen atoms in total. The van der Waals surface area contributed by atoms with Crippen LogP contribution in [0.1, 0.15) is 15.4 Å². The fraction of sp³-hybridized carbons (Fsp3) is 0.263. The van der Waals surface area contributed by atoms with E-state index in [4.69, 9.17) is 0 Å². The summed E-state index contributed by atoms with van der Waals surface area (Å²) >= 11 is 4.68. The molecule has 0 radical (unpaired) electrons. The molecule has 0 atom stereocenters. The van der Waals surface area contributed by atoms with Gasteiger partial charge in [0, 0.05) is 44.1 Å². The van der Waals surface area contributed by atoms with Gasteiger partial charge in [0.1, 0.15) is 15.7 Å². The third-order valence-corrected chi connectivity index (χ3v) is 6.14. The van der Waals surface area contributed by atoms with Crippen LogP contribution < -0.4 is 4.90 Å².